The zero-order chi connectivity index (χ0) is 21.5. The van der Waals surface area contributed by atoms with Crippen molar-refractivity contribution in [3.05, 3.63) is 52.3 Å². The standard InChI is InChI=1S/C21H21ClF3N3O2/c22-14-9-12(23)10-16(25)20(14)28-7-5-21(30,6-8-28)11-26-17-3-2-15(24)19-13(17)1-4-18(29)27-19/h2-3,9-10,26,30H,1,4-8,11H2,(H,27,29). The fourth-order valence-electron chi connectivity index (χ4n) is 4.04. The molecule has 0 atom stereocenters. The van der Waals surface area contributed by atoms with Crippen LogP contribution in [0.15, 0.2) is 24.3 Å². The molecule has 1 fully saturated rings. The van der Waals surface area contributed by atoms with Crippen LogP contribution in [0.25, 0.3) is 0 Å². The molecule has 160 valence electrons. The molecule has 2 aliphatic heterocycles. The second-order valence-corrected chi connectivity index (χ2v) is 8.19. The first-order chi connectivity index (χ1) is 14.3. The van der Waals surface area contributed by atoms with Gasteiger partial charge in [-0.05, 0) is 37.5 Å². The van der Waals surface area contributed by atoms with E-state index in [1.165, 1.54) is 6.07 Å². The number of rotatable bonds is 4. The van der Waals surface area contributed by atoms with E-state index in [4.69, 9.17) is 11.6 Å². The minimum absolute atomic E-state index is 0.00366. The molecule has 9 heteroatoms. The van der Waals surface area contributed by atoms with Crippen molar-refractivity contribution in [1.29, 1.82) is 0 Å². The Hall–Kier alpha value is -2.45. The van der Waals surface area contributed by atoms with Gasteiger partial charge in [-0.3, -0.25) is 4.79 Å². The number of benzene rings is 2. The van der Waals surface area contributed by atoms with Gasteiger partial charge in [0, 0.05) is 43.4 Å². The van der Waals surface area contributed by atoms with E-state index in [9.17, 15) is 23.1 Å². The lowest BCUT2D eigenvalue weighted by Crippen LogP contribution is -2.48. The molecule has 0 unspecified atom stereocenters. The molecular weight excluding hydrogens is 419 g/mol. The van der Waals surface area contributed by atoms with Gasteiger partial charge in [-0.2, -0.15) is 0 Å². The Kier molecular flexibility index (Phi) is 5.55. The molecule has 1 saturated heterocycles. The van der Waals surface area contributed by atoms with E-state index >= 15 is 0 Å². The molecule has 30 heavy (non-hydrogen) atoms. The summed E-state index contributed by atoms with van der Waals surface area (Å²) in [5, 5.41) is 16.7. The molecule has 4 rings (SSSR count). The predicted octanol–water partition coefficient (Wildman–Crippen LogP) is 4.09. The van der Waals surface area contributed by atoms with Gasteiger partial charge in [0.25, 0.3) is 0 Å². The van der Waals surface area contributed by atoms with Gasteiger partial charge in [0.2, 0.25) is 5.91 Å². The van der Waals surface area contributed by atoms with Crippen molar-refractivity contribution in [2.75, 3.05) is 35.2 Å². The van der Waals surface area contributed by atoms with Gasteiger partial charge < -0.3 is 20.6 Å². The van der Waals surface area contributed by atoms with Crippen molar-refractivity contribution in [2.24, 2.45) is 0 Å². The Morgan fingerprint density at radius 2 is 1.87 bits per heavy atom. The van der Waals surface area contributed by atoms with Crippen LogP contribution in [-0.2, 0) is 11.2 Å². The van der Waals surface area contributed by atoms with Crippen LogP contribution in [0.4, 0.5) is 30.2 Å². The Labute approximate surface area is 176 Å². The predicted molar refractivity (Wildman–Crippen MR) is 110 cm³/mol. The van der Waals surface area contributed by atoms with Gasteiger partial charge in [0.05, 0.1) is 22.0 Å². The van der Waals surface area contributed by atoms with E-state index in [0.29, 0.717) is 43.6 Å². The van der Waals surface area contributed by atoms with Gasteiger partial charge in [-0.1, -0.05) is 11.6 Å². The molecular formula is C21H21ClF3N3O2. The van der Waals surface area contributed by atoms with Crippen LogP contribution in [0, 0.1) is 17.5 Å². The van der Waals surface area contributed by atoms with Crippen LogP contribution >= 0.6 is 11.6 Å². The summed E-state index contributed by atoms with van der Waals surface area (Å²) in [6.45, 7) is 0.905. The summed E-state index contributed by atoms with van der Waals surface area (Å²) in [4.78, 5) is 13.3. The van der Waals surface area contributed by atoms with E-state index in [1.807, 2.05) is 0 Å². The third kappa shape index (κ3) is 4.06. The van der Waals surface area contributed by atoms with Crippen LogP contribution < -0.4 is 15.5 Å². The number of carbonyl (C=O) groups is 1. The number of anilines is 3. The van der Waals surface area contributed by atoms with Gasteiger partial charge >= 0.3 is 0 Å². The van der Waals surface area contributed by atoms with Crippen molar-refractivity contribution < 1.29 is 23.1 Å². The number of hydrogen-bond acceptors (Lipinski definition) is 4. The summed E-state index contributed by atoms with van der Waals surface area (Å²) in [5.74, 6) is -2.19. The van der Waals surface area contributed by atoms with Crippen LogP contribution in [0.2, 0.25) is 5.02 Å². The highest BCUT2D eigenvalue weighted by Crippen LogP contribution is 2.35. The van der Waals surface area contributed by atoms with Gasteiger partial charge in [-0.15, -0.1) is 0 Å². The molecule has 0 saturated carbocycles. The van der Waals surface area contributed by atoms with E-state index in [1.54, 1.807) is 11.0 Å². The summed E-state index contributed by atoms with van der Waals surface area (Å²) in [6.07, 6.45) is 1.37. The number of hydrogen-bond donors (Lipinski definition) is 3. The highest BCUT2D eigenvalue weighted by atomic mass is 35.5. The Balaban J connectivity index is 1.43. The van der Waals surface area contributed by atoms with Crippen LogP contribution in [0.3, 0.4) is 0 Å². The maximum atomic E-state index is 14.2. The molecule has 2 aromatic carbocycles. The third-order valence-corrected chi connectivity index (χ3v) is 6.02. The molecule has 0 aromatic heterocycles. The molecule has 0 spiro atoms. The largest absolute Gasteiger partial charge is 0.388 e. The van der Waals surface area contributed by atoms with Crippen molar-refractivity contribution in [3.63, 3.8) is 0 Å². The number of amides is 1. The zero-order valence-corrected chi connectivity index (χ0v) is 16.8. The molecule has 2 heterocycles. The van der Waals surface area contributed by atoms with Crippen LogP contribution in [0.5, 0.6) is 0 Å². The Bertz CT molecular complexity index is 971. The summed E-state index contributed by atoms with van der Waals surface area (Å²) in [6, 6.07) is 4.73. The SMILES string of the molecule is O=C1CCc2c(NCC3(O)CCN(c4c(F)cc(F)cc4Cl)CC3)ccc(F)c2N1. The highest BCUT2D eigenvalue weighted by molar-refractivity contribution is 6.33. The first-order valence-electron chi connectivity index (χ1n) is 9.73. The average Bonchev–Trinajstić information content (AvgIpc) is 2.69. The lowest BCUT2D eigenvalue weighted by atomic mass is 9.90. The molecule has 2 aliphatic rings. The number of carbonyl (C=O) groups excluding carboxylic acids is 1. The van der Waals surface area contributed by atoms with Crippen molar-refractivity contribution >= 4 is 34.6 Å². The maximum Gasteiger partial charge on any atom is 0.224 e. The average molecular weight is 440 g/mol. The summed E-state index contributed by atoms with van der Waals surface area (Å²) in [7, 11) is 0. The van der Waals surface area contributed by atoms with E-state index in [2.05, 4.69) is 10.6 Å². The van der Waals surface area contributed by atoms with Gasteiger partial charge in [0.1, 0.15) is 11.6 Å². The number of halogens is 4. The van der Waals surface area contributed by atoms with E-state index in [-0.39, 0.29) is 35.3 Å². The highest BCUT2D eigenvalue weighted by Gasteiger charge is 2.34. The van der Waals surface area contributed by atoms with Crippen LogP contribution in [0.1, 0.15) is 24.8 Å². The third-order valence-electron chi connectivity index (χ3n) is 5.73. The normalized spacial score (nSPS) is 18.0. The fraction of sp³-hybridized carbons (Fsp3) is 0.381. The summed E-state index contributed by atoms with van der Waals surface area (Å²) in [5.41, 5.74) is 0.597. The topological polar surface area (TPSA) is 64.6 Å². The first-order valence-corrected chi connectivity index (χ1v) is 10.1. The Morgan fingerprint density at radius 1 is 1.13 bits per heavy atom. The number of nitrogens with one attached hydrogen (secondary N) is 2. The quantitative estimate of drug-likeness (QED) is 0.671. The van der Waals surface area contributed by atoms with Crippen molar-refractivity contribution in [1.82, 2.24) is 0 Å². The minimum Gasteiger partial charge on any atom is -0.388 e. The number of nitrogens with zero attached hydrogens (tertiary/aromatic N) is 1. The lowest BCUT2D eigenvalue weighted by molar-refractivity contribution is -0.116. The number of fused-ring (bicyclic) bond motifs is 1. The van der Waals surface area contributed by atoms with E-state index < -0.39 is 23.1 Å². The molecule has 2 aromatic rings. The monoisotopic (exact) mass is 439 g/mol. The summed E-state index contributed by atoms with van der Waals surface area (Å²) >= 11 is 6.01. The van der Waals surface area contributed by atoms with Gasteiger partial charge in [-0.25, -0.2) is 13.2 Å². The molecule has 0 bridgehead atoms. The van der Waals surface area contributed by atoms with Crippen molar-refractivity contribution in [2.45, 2.75) is 31.3 Å². The first kappa shape index (κ1) is 20.8. The smallest absolute Gasteiger partial charge is 0.224 e. The number of aliphatic hydroxyl groups is 1. The summed E-state index contributed by atoms with van der Waals surface area (Å²) < 4.78 is 41.5. The zero-order valence-electron chi connectivity index (χ0n) is 16.1. The molecule has 1 amide bonds. The van der Waals surface area contributed by atoms with Gasteiger partial charge in [0.15, 0.2) is 5.82 Å². The van der Waals surface area contributed by atoms with E-state index in [0.717, 1.165) is 12.1 Å². The number of piperidine rings is 1. The second-order valence-electron chi connectivity index (χ2n) is 7.78. The minimum atomic E-state index is -1.06. The fourth-order valence-corrected chi connectivity index (χ4v) is 4.35. The molecule has 0 radical (unpaired) electrons. The molecule has 3 N–H and O–H groups in total. The molecule has 5 nitrogen and oxygen atoms in total. The molecule has 0 aliphatic carbocycles. The Morgan fingerprint density at radius 3 is 2.57 bits per heavy atom. The lowest BCUT2D eigenvalue weighted by Gasteiger charge is -2.40. The second kappa shape index (κ2) is 8.00. The van der Waals surface area contributed by atoms with Crippen LogP contribution in [-0.4, -0.2) is 36.2 Å². The van der Waals surface area contributed by atoms with Crippen molar-refractivity contribution in [3.8, 4) is 0 Å². The maximum absolute atomic E-state index is 14.2.